The summed E-state index contributed by atoms with van der Waals surface area (Å²) in [5.41, 5.74) is 0. The first kappa shape index (κ1) is 68.6. The van der Waals surface area contributed by atoms with Gasteiger partial charge in [-0.25, -0.2) is 0 Å². The summed E-state index contributed by atoms with van der Waals surface area (Å²) in [6, 6.07) is -0.830. The Balaban J connectivity index is 2.03. The van der Waals surface area contributed by atoms with E-state index in [1.807, 2.05) is 6.08 Å². The van der Waals surface area contributed by atoms with Gasteiger partial charge in [-0.2, -0.15) is 0 Å². The molecule has 7 atom stereocenters. The molecule has 73 heavy (non-hydrogen) atoms. The first-order valence-corrected chi connectivity index (χ1v) is 30.4. The van der Waals surface area contributed by atoms with Gasteiger partial charge in [-0.15, -0.1) is 0 Å². The molecule has 1 aliphatic heterocycles. The summed E-state index contributed by atoms with van der Waals surface area (Å²) in [6.07, 6.45) is 55.1. The average Bonchev–Trinajstić information content (AvgIpc) is 3.39. The maximum absolute atomic E-state index is 13.0. The summed E-state index contributed by atoms with van der Waals surface area (Å²) in [6.45, 7) is 4.25. The zero-order valence-electron chi connectivity index (χ0n) is 46.8. The third-order valence-electron chi connectivity index (χ3n) is 14.1. The van der Waals surface area contributed by atoms with Gasteiger partial charge in [0.1, 0.15) is 24.4 Å². The van der Waals surface area contributed by atoms with Gasteiger partial charge in [-0.3, -0.25) is 9.59 Å². The number of nitrogens with one attached hydrogen (secondary N) is 1. The maximum atomic E-state index is 13.0. The van der Waals surface area contributed by atoms with E-state index in [0.29, 0.717) is 19.4 Å². The Morgan fingerprint density at radius 3 is 1.40 bits per heavy atom. The molecule has 0 aromatic carbocycles. The van der Waals surface area contributed by atoms with E-state index in [9.17, 15) is 35.1 Å². The quantitative estimate of drug-likeness (QED) is 0.0195. The van der Waals surface area contributed by atoms with Crippen LogP contribution in [0.3, 0.4) is 0 Å². The molecule has 0 aromatic heterocycles. The van der Waals surface area contributed by atoms with Crippen molar-refractivity contribution in [1.29, 1.82) is 0 Å². The van der Waals surface area contributed by atoms with E-state index < -0.39 is 49.5 Å². The molecule has 11 heteroatoms. The number of rotatable bonds is 52. The molecule has 7 unspecified atom stereocenters. The van der Waals surface area contributed by atoms with Crippen molar-refractivity contribution in [3.63, 3.8) is 0 Å². The summed E-state index contributed by atoms with van der Waals surface area (Å²) < 4.78 is 16.7. The Kier molecular flexibility index (Phi) is 48.6. The fourth-order valence-electron chi connectivity index (χ4n) is 9.25. The summed E-state index contributed by atoms with van der Waals surface area (Å²) in [4.78, 5) is 25.0. The van der Waals surface area contributed by atoms with Crippen molar-refractivity contribution in [3.8, 4) is 0 Å². The minimum Gasteiger partial charge on any atom is -0.466 e. The second kappa shape index (κ2) is 51.7. The highest BCUT2D eigenvalue weighted by molar-refractivity contribution is 5.76. The molecule has 1 rings (SSSR count). The molecule has 1 saturated heterocycles. The van der Waals surface area contributed by atoms with E-state index in [1.165, 1.54) is 173 Å². The van der Waals surface area contributed by atoms with E-state index in [0.717, 1.165) is 70.6 Å². The van der Waals surface area contributed by atoms with Gasteiger partial charge in [0, 0.05) is 12.8 Å². The van der Waals surface area contributed by atoms with Crippen molar-refractivity contribution in [3.05, 3.63) is 48.6 Å². The van der Waals surface area contributed by atoms with Gasteiger partial charge in [0.2, 0.25) is 5.91 Å². The van der Waals surface area contributed by atoms with Gasteiger partial charge in [0.05, 0.1) is 32.0 Å². The smallest absolute Gasteiger partial charge is 0.305 e. The van der Waals surface area contributed by atoms with Crippen molar-refractivity contribution in [1.82, 2.24) is 5.32 Å². The lowest BCUT2D eigenvalue weighted by Crippen LogP contribution is -2.60. The predicted octanol–water partition coefficient (Wildman–Crippen LogP) is 14.1. The molecule has 1 fully saturated rings. The Bertz CT molecular complexity index is 1350. The maximum Gasteiger partial charge on any atom is 0.305 e. The predicted molar refractivity (Wildman–Crippen MR) is 301 cm³/mol. The van der Waals surface area contributed by atoms with Crippen molar-refractivity contribution >= 4 is 11.9 Å². The Hall–Kier alpha value is -2.38. The largest absolute Gasteiger partial charge is 0.466 e. The van der Waals surface area contributed by atoms with Crippen molar-refractivity contribution < 1.29 is 49.3 Å². The van der Waals surface area contributed by atoms with Crippen LogP contribution >= 0.6 is 0 Å². The molecule has 0 radical (unpaired) electrons. The van der Waals surface area contributed by atoms with Crippen LogP contribution in [0.4, 0.5) is 0 Å². The van der Waals surface area contributed by atoms with E-state index in [1.54, 1.807) is 6.08 Å². The number of hydrogen-bond acceptors (Lipinski definition) is 10. The van der Waals surface area contributed by atoms with Crippen molar-refractivity contribution in [2.75, 3.05) is 19.8 Å². The number of carbonyl (C=O) groups excluding carboxylic acids is 2. The lowest BCUT2D eigenvalue weighted by atomic mass is 9.99. The Morgan fingerprint density at radius 2 is 0.904 bits per heavy atom. The SMILES string of the molecule is CCCC/C=C\CCCCCCCC(=O)OCCCCCCCCCCCCCC/C=C\CCCCCCCCCCC(=O)NC(COC1OC(CO)C(O)C(O)C1O)C(O)/C=C/CC/C=C/CCCCCC. The monoisotopic (exact) mass is 1030 g/mol. The van der Waals surface area contributed by atoms with Crippen LogP contribution in [0.2, 0.25) is 0 Å². The van der Waals surface area contributed by atoms with Gasteiger partial charge in [0.25, 0.3) is 0 Å². The molecule has 6 N–H and O–H groups in total. The lowest BCUT2D eigenvalue weighted by molar-refractivity contribution is -0.302. The number of hydrogen-bond donors (Lipinski definition) is 6. The zero-order valence-corrected chi connectivity index (χ0v) is 46.8. The molecular weight excluding hydrogens is 919 g/mol. The average molecular weight is 1030 g/mol. The number of ether oxygens (including phenoxy) is 3. The van der Waals surface area contributed by atoms with Crippen molar-refractivity contribution in [2.45, 2.75) is 314 Å². The number of amides is 1. The summed E-state index contributed by atoms with van der Waals surface area (Å²) in [5.74, 6) is -0.210. The number of aliphatic hydroxyl groups excluding tert-OH is 5. The minimum absolute atomic E-state index is 0.0107. The molecule has 0 aromatic rings. The molecule has 11 nitrogen and oxygen atoms in total. The first-order valence-electron chi connectivity index (χ1n) is 30.4. The van der Waals surface area contributed by atoms with E-state index in [2.05, 4.69) is 55.6 Å². The topological polar surface area (TPSA) is 175 Å². The van der Waals surface area contributed by atoms with Gasteiger partial charge in [0.15, 0.2) is 6.29 Å². The normalized spacial score (nSPS) is 19.2. The molecule has 0 bridgehead atoms. The minimum atomic E-state index is -1.58. The molecule has 426 valence electrons. The van der Waals surface area contributed by atoms with E-state index >= 15 is 0 Å². The molecule has 0 spiro atoms. The first-order chi connectivity index (χ1) is 35.7. The molecule has 1 heterocycles. The second-order valence-corrected chi connectivity index (χ2v) is 21.0. The highest BCUT2D eigenvalue weighted by Crippen LogP contribution is 2.23. The number of allylic oxidation sites excluding steroid dienone is 7. The fraction of sp³-hybridized carbons (Fsp3) is 0.839. The van der Waals surface area contributed by atoms with Crippen LogP contribution in [0, 0.1) is 0 Å². The molecule has 1 amide bonds. The van der Waals surface area contributed by atoms with Gasteiger partial charge >= 0.3 is 5.97 Å². The third kappa shape index (κ3) is 41.5. The standard InChI is InChI=1S/C62H113NO10/c1-3-5-7-9-11-13-29-34-38-42-46-50-58(67)71-51-47-43-39-35-31-28-26-24-22-20-18-16-15-17-19-21-23-25-27-30-33-37-41-45-49-57(66)63-54(53-72-62-61(70)60(69)59(68)56(52-64)73-62)55(65)48-44-40-36-32-14-12-10-8-6-4-2/h9,11,14,17,19,32,44,48,54-56,59-62,64-65,68-70H,3-8,10,12-13,15-16,18,20-31,33-43,45-47,49-53H2,1-2H3,(H,63,66)/b11-9-,19-17-,32-14+,48-44+. The summed E-state index contributed by atoms with van der Waals surface area (Å²) >= 11 is 0. The summed E-state index contributed by atoms with van der Waals surface area (Å²) in [7, 11) is 0. The number of unbranched alkanes of at least 4 members (excludes halogenated alkanes) is 32. The van der Waals surface area contributed by atoms with E-state index in [4.69, 9.17) is 14.2 Å². The fourth-order valence-corrected chi connectivity index (χ4v) is 9.25. The van der Waals surface area contributed by atoms with Crippen LogP contribution < -0.4 is 5.32 Å². The summed E-state index contributed by atoms with van der Waals surface area (Å²) in [5, 5.41) is 54.2. The lowest BCUT2D eigenvalue weighted by Gasteiger charge is -2.40. The van der Waals surface area contributed by atoms with Crippen LogP contribution in [-0.4, -0.2) is 100 Å². The van der Waals surface area contributed by atoms with Gasteiger partial charge in [-0.1, -0.05) is 217 Å². The molecule has 1 aliphatic rings. The Labute approximate surface area is 446 Å². The molecular formula is C62H113NO10. The van der Waals surface area contributed by atoms with Crippen LogP contribution in [-0.2, 0) is 23.8 Å². The highest BCUT2D eigenvalue weighted by Gasteiger charge is 2.44. The van der Waals surface area contributed by atoms with Crippen LogP contribution in [0.1, 0.15) is 271 Å². The highest BCUT2D eigenvalue weighted by atomic mass is 16.7. The second-order valence-electron chi connectivity index (χ2n) is 21.0. The number of aliphatic hydroxyl groups is 5. The number of carbonyl (C=O) groups is 2. The zero-order chi connectivity index (χ0) is 53.1. The Morgan fingerprint density at radius 1 is 0.493 bits per heavy atom. The third-order valence-corrected chi connectivity index (χ3v) is 14.1. The molecule has 0 saturated carbocycles. The van der Waals surface area contributed by atoms with Crippen LogP contribution in [0.25, 0.3) is 0 Å². The van der Waals surface area contributed by atoms with Gasteiger partial charge in [-0.05, 0) is 89.9 Å². The van der Waals surface area contributed by atoms with Crippen LogP contribution in [0.5, 0.6) is 0 Å². The van der Waals surface area contributed by atoms with E-state index in [-0.39, 0.29) is 18.5 Å². The number of esters is 1. The molecule has 0 aliphatic carbocycles. The van der Waals surface area contributed by atoms with Crippen molar-refractivity contribution in [2.24, 2.45) is 0 Å². The van der Waals surface area contributed by atoms with Gasteiger partial charge < -0.3 is 45.1 Å². The van der Waals surface area contributed by atoms with Crippen LogP contribution in [0.15, 0.2) is 48.6 Å².